The number of fused-ring (bicyclic) bond motifs is 1. The fourth-order valence-electron chi connectivity index (χ4n) is 3.98. The Kier molecular flexibility index (Phi) is 6.25. The Labute approximate surface area is 212 Å². The molecule has 1 aliphatic heterocycles. The van der Waals surface area contributed by atoms with Crippen molar-refractivity contribution in [2.75, 3.05) is 12.4 Å². The molecule has 1 atom stereocenters. The van der Waals surface area contributed by atoms with E-state index in [2.05, 4.69) is 20.7 Å². The molecule has 0 spiro atoms. The van der Waals surface area contributed by atoms with Gasteiger partial charge < -0.3 is 14.7 Å². The zero-order valence-corrected chi connectivity index (χ0v) is 20.2. The molecule has 3 aromatic rings. The number of rotatable bonds is 6. The van der Waals surface area contributed by atoms with Crippen LogP contribution in [-0.4, -0.2) is 37.2 Å². The quantitative estimate of drug-likeness (QED) is 0.465. The van der Waals surface area contributed by atoms with Crippen LogP contribution in [0, 0.1) is 24.4 Å². The minimum absolute atomic E-state index is 0.173. The second kappa shape index (κ2) is 9.41. The van der Waals surface area contributed by atoms with E-state index in [1.807, 2.05) is 6.20 Å². The van der Waals surface area contributed by atoms with Gasteiger partial charge in [-0.15, -0.1) is 0 Å². The molecule has 5 rings (SSSR count). The molecule has 3 heterocycles. The second-order valence-corrected chi connectivity index (χ2v) is 8.84. The first-order valence-corrected chi connectivity index (χ1v) is 11.3. The number of nitrogens with one attached hydrogen (secondary N) is 2. The Hall–Kier alpha value is -4.10. The van der Waals surface area contributed by atoms with Crippen LogP contribution in [0.15, 0.2) is 67.1 Å². The van der Waals surface area contributed by atoms with E-state index in [4.69, 9.17) is 16.0 Å². The summed E-state index contributed by atoms with van der Waals surface area (Å²) in [6.07, 6.45) is 6.51. The van der Waals surface area contributed by atoms with Crippen LogP contribution in [0.25, 0.3) is 0 Å². The van der Waals surface area contributed by atoms with Crippen molar-refractivity contribution in [3.05, 3.63) is 109 Å². The van der Waals surface area contributed by atoms with Crippen molar-refractivity contribution >= 4 is 17.5 Å². The fourth-order valence-corrected chi connectivity index (χ4v) is 4.21. The van der Waals surface area contributed by atoms with Crippen molar-refractivity contribution in [1.82, 2.24) is 29.5 Å². The highest BCUT2D eigenvalue weighted by Gasteiger charge is 2.26. The van der Waals surface area contributed by atoms with Crippen LogP contribution in [-0.2, 0) is 13.1 Å². The van der Waals surface area contributed by atoms with Gasteiger partial charge in [-0.05, 0) is 23.8 Å². The number of anilines is 1. The summed E-state index contributed by atoms with van der Waals surface area (Å²) in [5.74, 6) is -3.70. The molecule has 2 aliphatic rings. The average molecular weight is 534 g/mol. The molecule has 2 N–H and O–H groups in total. The van der Waals surface area contributed by atoms with E-state index in [1.54, 1.807) is 31.1 Å². The molecular formula is C23H19ClF3N7O3. The van der Waals surface area contributed by atoms with Crippen LogP contribution in [0.5, 0.6) is 0 Å². The normalized spacial score (nSPS) is 16.9. The first-order valence-electron chi connectivity index (χ1n) is 10.9. The summed E-state index contributed by atoms with van der Waals surface area (Å²) < 4.78 is 48.7. The first kappa shape index (κ1) is 24.6. The summed E-state index contributed by atoms with van der Waals surface area (Å²) in [5.41, 5.74) is 2.42. The Morgan fingerprint density at radius 3 is 2.59 bits per heavy atom. The van der Waals surface area contributed by atoms with Gasteiger partial charge in [0.2, 0.25) is 5.95 Å². The van der Waals surface area contributed by atoms with E-state index >= 15 is 0 Å². The summed E-state index contributed by atoms with van der Waals surface area (Å²) in [6.45, 7) is 0.743. The van der Waals surface area contributed by atoms with Crippen LogP contribution in [0.3, 0.4) is 0 Å². The molecule has 1 aromatic carbocycles. The Bertz CT molecular complexity index is 1620. The van der Waals surface area contributed by atoms with Crippen molar-refractivity contribution in [2.45, 2.75) is 26.1 Å². The number of nitrogens with zero attached hydrogens (tertiary/aromatic N) is 5. The number of aromatic nitrogens is 4. The molecule has 0 saturated heterocycles. The molecule has 0 fully saturated rings. The number of aryl methyl sites for hydroxylation is 1. The fraction of sp³-hybridized carbons (Fsp3) is 0.217. The van der Waals surface area contributed by atoms with E-state index in [0.29, 0.717) is 23.7 Å². The van der Waals surface area contributed by atoms with Crippen molar-refractivity contribution < 1.29 is 17.6 Å². The highest BCUT2D eigenvalue weighted by molar-refractivity contribution is 6.32. The van der Waals surface area contributed by atoms with Crippen LogP contribution in [0.4, 0.5) is 19.1 Å². The first-order chi connectivity index (χ1) is 17.6. The van der Waals surface area contributed by atoms with Gasteiger partial charge in [-0.25, -0.2) is 37.7 Å². The average Bonchev–Trinajstić information content (AvgIpc) is 3.40. The predicted octanol–water partition coefficient (Wildman–Crippen LogP) is 2.35. The van der Waals surface area contributed by atoms with E-state index in [-0.39, 0.29) is 34.8 Å². The molecule has 0 bridgehead atoms. The lowest BCUT2D eigenvalue weighted by atomic mass is 10.0. The van der Waals surface area contributed by atoms with Crippen LogP contribution in [0.1, 0.15) is 17.1 Å². The highest BCUT2D eigenvalue weighted by atomic mass is 35.5. The molecule has 10 nitrogen and oxygen atoms in total. The lowest BCUT2D eigenvalue weighted by molar-refractivity contribution is 0.349. The molecular weight excluding hydrogens is 515 g/mol. The number of benzene rings is 1. The minimum Gasteiger partial charge on any atom is -0.449 e. The maximum atomic E-state index is 14.5. The maximum Gasteiger partial charge on any atom is 0.355 e. The van der Waals surface area contributed by atoms with Crippen molar-refractivity contribution in [3.63, 3.8) is 0 Å². The summed E-state index contributed by atoms with van der Waals surface area (Å²) in [5, 5.41) is 4.87. The zero-order chi connectivity index (χ0) is 26.4. The monoisotopic (exact) mass is 533 g/mol. The molecule has 1 aliphatic carbocycles. The number of allylic oxidation sites excluding steroid dienone is 1. The predicted molar refractivity (Wildman–Crippen MR) is 127 cm³/mol. The smallest absolute Gasteiger partial charge is 0.355 e. The van der Waals surface area contributed by atoms with Gasteiger partial charge in [0.15, 0.2) is 17.5 Å². The van der Waals surface area contributed by atoms with Gasteiger partial charge in [-0.1, -0.05) is 11.6 Å². The van der Waals surface area contributed by atoms with Crippen LogP contribution >= 0.6 is 11.6 Å². The van der Waals surface area contributed by atoms with E-state index in [0.717, 1.165) is 14.7 Å². The second-order valence-electron chi connectivity index (χ2n) is 8.43. The summed E-state index contributed by atoms with van der Waals surface area (Å²) in [7, 11) is 1.81. The van der Waals surface area contributed by atoms with Gasteiger partial charge in [0.25, 0.3) is 0 Å². The number of hydrazine groups is 1. The van der Waals surface area contributed by atoms with E-state index in [1.165, 1.54) is 6.26 Å². The molecule has 14 heteroatoms. The van der Waals surface area contributed by atoms with Crippen LogP contribution in [0.2, 0.25) is 0 Å². The minimum atomic E-state index is -1.38. The molecule has 0 amide bonds. The SMILES string of the molecule is Cc1nc(Cn2c(=O)nc(NC3=CC4=CN(C)NC4C=C3Cl)n(Cc3cc(F)c(F)cc3F)c2=O)co1. The van der Waals surface area contributed by atoms with Gasteiger partial charge in [0, 0.05) is 31.8 Å². The van der Waals surface area contributed by atoms with Gasteiger partial charge in [0.05, 0.1) is 35.6 Å². The third kappa shape index (κ3) is 4.82. The maximum absolute atomic E-state index is 14.5. The zero-order valence-electron chi connectivity index (χ0n) is 19.4. The lowest BCUT2D eigenvalue weighted by Crippen LogP contribution is -2.43. The standard InChI is InChI=1S/C23H19ClF3N7O3/c1-11-28-14(10-37-11)9-34-22(35)30-21(29-20-4-13-7-32(2)31-19(13)5-15(20)24)33(23(34)36)8-12-3-17(26)18(27)6-16(12)25/h3-7,10,19,31H,8-9H2,1-2H3,(H,29,30,35). The van der Waals surface area contributed by atoms with Gasteiger partial charge in [-0.2, -0.15) is 4.98 Å². The van der Waals surface area contributed by atoms with Crippen molar-refractivity contribution in [1.29, 1.82) is 0 Å². The number of hydrogen-bond acceptors (Lipinski definition) is 8. The Balaban J connectivity index is 1.60. The third-order valence-corrected chi connectivity index (χ3v) is 6.06. The Morgan fingerprint density at radius 2 is 1.86 bits per heavy atom. The molecule has 2 aromatic heterocycles. The largest absolute Gasteiger partial charge is 0.449 e. The Morgan fingerprint density at radius 1 is 1.11 bits per heavy atom. The van der Waals surface area contributed by atoms with Crippen molar-refractivity contribution in [2.24, 2.45) is 0 Å². The summed E-state index contributed by atoms with van der Waals surface area (Å²) >= 11 is 6.42. The number of oxazole rings is 1. The molecule has 192 valence electrons. The van der Waals surface area contributed by atoms with Gasteiger partial charge in [-0.3, -0.25) is 4.57 Å². The molecule has 0 saturated carbocycles. The third-order valence-electron chi connectivity index (χ3n) is 5.73. The van der Waals surface area contributed by atoms with Crippen molar-refractivity contribution in [3.8, 4) is 0 Å². The van der Waals surface area contributed by atoms with E-state index < -0.39 is 35.4 Å². The summed E-state index contributed by atoms with van der Waals surface area (Å²) in [6, 6.07) is 0.845. The molecule has 1 unspecified atom stereocenters. The molecule has 0 radical (unpaired) electrons. The van der Waals surface area contributed by atoms with Gasteiger partial charge >= 0.3 is 11.4 Å². The number of halogens is 4. The van der Waals surface area contributed by atoms with Gasteiger partial charge in [0.1, 0.15) is 12.1 Å². The highest BCUT2D eigenvalue weighted by Crippen LogP contribution is 2.29. The number of hydrogen-bond donors (Lipinski definition) is 2. The topological polar surface area (TPSA) is 110 Å². The molecule has 37 heavy (non-hydrogen) atoms. The van der Waals surface area contributed by atoms with Crippen LogP contribution < -0.4 is 22.1 Å². The van der Waals surface area contributed by atoms with E-state index in [9.17, 15) is 22.8 Å². The summed E-state index contributed by atoms with van der Waals surface area (Å²) in [4.78, 5) is 34.3. The lowest BCUT2D eigenvalue weighted by Gasteiger charge is -2.21.